The second-order valence-electron chi connectivity index (χ2n) is 7.43. The highest BCUT2D eigenvalue weighted by Crippen LogP contribution is 2.52. The van der Waals surface area contributed by atoms with Crippen LogP contribution in [0, 0.1) is 17.3 Å². The van der Waals surface area contributed by atoms with Crippen molar-refractivity contribution >= 4 is 29.9 Å². The maximum Gasteiger partial charge on any atom is 0.193 e. The van der Waals surface area contributed by atoms with Gasteiger partial charge >= 0.3 is 0 Å². The molecule has 0 spiro atoms. The first-order chi connectivity index (χ1) is 9.54. The van der Waals surface area contributed by atoms with Crippen LogP contribution in [0.25, 0.3) is 0 Å². The third kappa shape index (κ3) is 3.05. The van der Waals surface area contributed by atoms with Crippen LogP contribution in [0.2, 0.25) is 0 Å². The van der Waals surface area contributed by atoms with Crippen molar-refractivity contribution in [2.75, 3.05) is 26.7 Å². The maximum absolute atomic E-state index is 5.88. The molecule has 0 bridgehead atoms. The monoisotopic (exact) mass is 407 g/mol. The lowest BCUT2D eigenvalue weighted by molar-refractivity contribution is -0.107. The smallest absolute Gasteiger partial charge is 0.193 e. The van der Waals surface area contributed by atoms with E-state index in [2.05, 4.69) is 36.0 Å². The topological polar surface area (TPSA) is 36.9 Å². The van der Waals surface area contributed by atoms with Crippen LogP contribution in [0.15, 0.2) is 4.99 Å². The van der Waals surface area contributed by atoms with E-state index in [0.717, 1.165) is 31.6 Å². The number of aliphatic imine (C=N–C) groups is 1. The molecule has 1 N–H and O–H groups in total. The minimum absolute atomic E-state index is 0. The van der Waals surface area contributed by atoms with E-state index in [0.29, 0.717) is 18.1 Å². The van der Waals surface area contributed by atoms with E-state index >= 15 is 0 Å². The first kappa shape index (κ1) is 17.3. The highest BCUT2D eigenvalue weighted by Gasteiger charge is 2.59. The summed E-state index contributed by atoms with van der Waals surface area (Å²) < 4.78 is 5.88. The van der Waals surface area contributed by atoms with Crippen LogP contribution in [0.1, 0.15) is 40.0 Å². The Balaban J connectivity index is 0.00000161. The van der Waals surface area contributed by atoms with Gasteiger partial charge in [-0.05, 0) is 25.2 Å². The summed E-state index contributed by atoms with van der Waals surface area (Å²) in [6.45, 7) is 10.2. The van der Waals surface area contributed by atoms with Crippen molar-refractivity contribution in [3.8, 4) is 0 Å². The SMILES string of the molecule is CN=C(NC1C2CCOC2C1(C)C)N1CCCC(C)C1.I. The third-order valence-electron chi connectivity index (χ3n) is 5.55. The fourth-order valence-corrected chi connectivity index (χ4v) is 4.44. The molecule has 0 aromatic carbocycles. The molecule has 3 rings (SSSR count). The van der Waals surface area contributed by atoms with E-state index in [-0.39, 0.29) is 29.4 Å². The Kier molecular flexibility index (Phi) is 5.45. The van der Waals surface area contributed by atoms with Crippen molar-refractivity contribution in [2.45, 2.75) is 52.2 Å². The van der Waals surface area contributed by atoms with Crippen LogP contribution in [0.3, 0.4) is 0 Å². The molecule has 4 unspecified atom stereocenters. The van der Waals surface area contributed by atoms with E-state index in [1.165, 1.54) is 19.3 Å². The average Bonchev–Trinajstić information content (AvgIpc) is 2.86. The van der Waals surface area contributed by atoms with Gasteiger partial charge in [-0.1, -0.05) is 20.8 Å². The molecule has 2 saturated heterocycles. The third-order valence-corrected chi connectivity index (χ3v) is 5.55. The number of fused-ring (bicyclic) bond motifs is 1. The van der Waals surface area contributed by atoms with Gasteiger partial charge in [0.15, 0.2) is 5.96 Å². The zero-order valence-electron chi connectivity index (χ0n) is 13.8. The molecule has 4 nitrogen and oxygen atoms in total. The lowest BCUT2D eigenvalue weighted by Gasteiger charge is -2.55. The van der Waals surface area contributed by atoms with E-state index in [1.54, 1.807) is 0 Å². The summed E-state index contributed by atoms with van der Waals surface area (Å²) in [5.41, 5.74) is 0.221. The van der Waals surface area contributed by atoms with Gasteiger partial charge in [0.25, 0.3) is 0 Å². The molecular formula is C16H30IN3O. The molecule has 1 aliphatic carbocycles. The Morgan fingerprint density at radius 1 is 1.33 bits per heavy atom. The number of nitrogens with zero attached hydrogens (tertiary/aromatic N) is 2. The zero-order valence-corrected chi connectivity index (χ0v) is 16.1. The quantitative estimate of drug-likeness (QED) is 0.413. The number of likely N-dealkylation sites (tertiary alicyclic amines) is 1. The van der Waals surface area contributed by atoms with Gasteiger partial charge in [0.1, 0.15) is 0 Å². The summed E-state index contributed by atoms with van der Waals surface area (Å²) in [6, 6.07) is 0.505. The Morgan fingerprint density at radius 3 is 2.76 bits per heavy atom. The lowest BCUT2D eigenvalue weighted by atomic mass is 9.57. The highest BCUT2D eigenvalue weighted by molar-refractivity contribution is 14.0. The molecule has 122 valence electrons. The summed E-state index contributed by atoms with van der Waals surface area (Å²) in [6.07, 6.45) is 4.27. The van der Waals surface area contributed by atoms with Crippen molar-refractivity contribution in [2.24, 2.45) is 22.2 Å². The van der Waals surface area contributed by atoms with Crippen LogP contribution in [0.5, 0.6) is 0 Å². The molecule has 0 aromatic rings. The van der Waals surface area contributed by atoms with Crippen molar-refractivity contribution in [3.05, 3.63) is 0 Å². The fourth-order valence-electron chi connectivity index (χ4n) is 4.44. The van der Waals surface area contributed by atoms with Gasteiger partial charge < -0.3 is 15.0 Å². The van der Waals surface area contributed by atoms with Gasteiger partial charge in [-0.15, -0.1) is 24.0 Å². The van der Waals surface area contributed by atoms with E-state index in [4.69, 9.17) is 4.74 Å². The van der Waals surface area contributed by atoms with Crippen molar-refractivity contribution in [1.82, 2.24) is 10.2 Å². The first-order valence-corrected chi connectivity index (χ1v) is 8.14. The normalized spacial score (nSPS) is 38.3. The number of rotatable bonds is 1. The van der Waals surface area contributed by atoms with E-state index in [1.807, 2.05) is 7.05 Å². The Morgan fingerprint density at radius 2 is 2.10 bits per heavy atom. The lowest BCUT2D eigenvalue weighted by Crippen LogP contribution is -2.68. The fraction of sp³-hybridized carbons (Fsp3) is 0.938. The van der Waals surface area contributed by atoms with Crippen molar-refractivity contribution in [1.29, 1.82) is 0 Å². The van der Waals surface area contributed by atoms with Gasteiger partial charge in [-0.2, -0.15) is 0 Å². The van der Waals surface area contributed by atoms with Gasteiger partial charge in [0.2, 0.25) is 0 Å². The van der Waals surface area contributed by atoms with Crippen molar-refractivity contribution in [3.63, 3.8) is 0 Å². The zero-order chi connectivity index (χ0) is 14.3. The molecule has 2 aliphatic heterocycles. The first-order valence-electron chi connectivity index (χ1n) is 8.14. The number of hydrogen-bond donors (Lipinski definition) is 1. The van der Waals surface area contributed by atoms with Crippen molar-refractivity contribution < 1.29 is 4.74 Å². The summed E-state index contributed by atoms with van der Waals surface area (Å²) >= 11 is 0. The highest BCUT2D eigenvalue weighted by atomic mass is 127. The van der Waals surface area contributed by atoms with Crippen LogP contribution >= 0.6 is 24.0 Å². The van der Waals surface area contributed by atoms with Crippen LogP contribution in [-0.2, 0) is 4.74 Å². The molecule has 21 heavy (non-hydrogen) atoms. The molecular weight excluding hydrogens is 377 g/mol. The summed E-state index contributed by atoms with van der Waals surface area (Å²) in [7, 11) is 1.91. The second-order valence-corrected chi connectivity index (χ2v) is 7.43. The Labute approximate surface area is 146 Å². The predicted molar refractivity (Wildman–Crippen MR) is 97.3 cm³/mol. The summed E-state index contributed by atoms with van der Waals surface area (Å²) in [5, 5.41) is 3.75. The average molecular weight is 407 g/mol. The number of nitrogens with one attached hydrogen (secondary N) is 1. The number of ether oxygens (including phenoxy) is 1. The second kappa shape index (κ2) is 6.60. The minimum atomic E-state index is 0. The van der Waals surface area contributed by atoms with Crippen LogP contribution in [-0.4, -0.2) is 49.7 Å². The molecule has 4 atom stereocenters. The molecule has 3 aliphatic rings. The molecule has 1 saturated carbocycles. The Bertz CT molecular complexity index is 399. The van der Waals surface area contributed by atoms with E-state index in [9.17, 15) is 0 Å². The van der Waals surface area contributed by atoms with Crippen LogP contribution in [0.4, 0.5) is 0 Å². The molecule has 3 fully saturated rings. The molecule has 0 amide bonds. The number of piperidine rings is 1. The van der Waals surface area contributed by atoms with Crippen LogP contribution < -0.4 is 5.32 Å². The molecule has 0 aromatic heterocycles. The summed E-state index contributed by atoms with van der Waals surface area (Å²) in [5.74, 6) is 2.54. The van der Waals surface area contributed by atoms with Gasteiger partial charge in [0, 0.05) is 44.1 Å². The molecule has 0 radical (unpaired) electrons. The maximum atomic E-state index is 5.88. The van der Waals surface area contributed by atoms with Gasteiger partial charge in [0.05, 0.1) is 6.10 Å². The van der Waals surface area contributed by atoms with E-state index < -0.39 is 0 Å². The Hall–Kier alpha value is -0.0400. The number of halogens is 1. The standard InChI is InChI=1S/C16H29N3O.HI/c1-11-6-5-8-19(10-11)15(17-4)18-13-12-7-9-20-14(12)16(13,2)3;/h11-14H,5-10H2,1-4H3,(H,17,18);1H. The van der Waals surface area contributed by atoms with Gasteiger partial charge in [-0.3, -0.25) is 4.99 Å². The molecule has 2 heterocycles. The molecule has 5 heteroatoms. The number of guanidine groups is 1. The number of hydrogen-bond acceptors (Lipinski definition) is 2. The predicted octanol–water partition coefficient (Wildman–Crippen LogP) is 2.73. The minimum Gasteiger partial charge on any atom is -0.377 e. The largest absolute Gasteiger partial charge is 0.377 e. The summed E-state index contributed by atoms with van der Waals surface area (Å²) in [4.78, 5) is 6.98. The van der Waals surface area contributed by atoms with Gasteiger partial charge in [-0.25, -0.2) is 0 Å².